The van der Waals surface area contributed by atoms with E-state index in [0.29, 0.717) is 34.9 Å². The molecule has 1 amide bonds. The second kappa shape index (κ2) is 9.43. The van der Waals surface area contributed by atoms with Crippen LogP contribution in [0.3, 0.4) is 0 Å². The fourth-order valence-corrected chi connectivity index (χ4v) is 4.27. The molecular formula is C26H27N5O3. The minimum absolute atomic E-state index is 0.229. The van der Waals surface area contributed by atoms with Crippen LogP contribution in [0.2, 0.25) is 0 Å². The van der Waals surface area contributed by atoms with Crippen molar-refractivity contribution in [3.8, 4) is 28.4 Å². The normalized spacial score (nSPS) is 12.8. The molecule has 8 nitrogen and oxygen atoms in total. The summed E-state index contributed by atoms with van der Waals surface area (Å²) in [7, 11) is 3.20. The van der Waals surface area contributed by atoms with Crippen molar-refractivity contribution >= 4 is 5.91 Å². The van der Waals surface area contributed by atoms with E-state index in [9.17, 15) is 4.79 Å². The monoisotopic (exact) mass is 457 g/mol. The van der Waals surface area contributed by atoms with Gasteiger partial charge in [0.2, 0.25) is 0 Å². The lowest BCUT2D eigenvalue weighted by Crippen LogP contribution is -2.23. The number of para-hydroxylation sites is 1. The molecular weight excluding hydrogens is 430 g/mol. The van der Waals surface area contributed by atoms with Gasteiger partial charge in [0, 0.05) is 30.9 Å². The third-order valence-corrected chi connectivity index (χ3v) is 6.03. The SMILES string of the molecule is COc1ccc(OC)c(-c2nn(-c3ccccc3)cc2C(=O)NCc2cn3c(n2)CCCC3)c1. The quantitative estimate of drug-likeness (QED) is 0.453. The van der Waals surface area contributed by atoms with Gasteiger partial charge in [-0.05, 0) is 43.2 Å². The van der Waals surface area contributed by atoms with Gasteiger partial charge in [-0.2, -0.15) is 5.10 Å². The molecule has 2 aromatic carbocycles. The number of methoxy groups -OCH3 is 2. The lowest BCUT2D eigenvalue weighted by Gasteiger charge is -2.11. The van der Waals surface area contributed by atoms with Crippen LogP contribution in [0.5, 0.6) is 11.5 Å². The number of fused-ring (bicyclic) bond motifs is 1. The summed E-state index contributed by atoms with van der Waals surface area (Å²) < 4.78 is 14.9. The van der Waals surface area contributed by atoms with Gasteiger partial charge in [0.05, 0.1) is 37.7 Å². The molecule has 0 spiro atoms. The van der Waals surface area contributed by atoms with Gasteiger partial charge < -0.3 is 19.4 Å². The van der Waals surface area contributed by atoms with Crippen molar-refractivity contribution in [2.45, 2.75) is 32.4 Å². The molecule has 2 aromatic heterocycles. The lowest BCUT2D eigenvalue weighted by molar-refractivity contribution is 0.0951. The Morgan fingerprint density at radius 1 is 1.06 bits per heavy atom. The van der Waals surface area contributed by atoms with Gasteiger partial charge in [0.1, 0.15) is 23.0 Å². The number of carbonyl (C=O) groups is 1. The van der Waals surface area contributed by atoms with E-state index >= 15 is 0 Å². The Kier molecular flexibility index (Phi) is 6.03. The highest BCUT2D eigenvalue weighted by Crippen LogP contribution is 2.35. The molecule has 0 saturated heterocycles. The van der Waals surface area contributed by atoms with Crippen LogP contribution in [0.4, 0.5) is 0 Å². The van der Waals surface area contributed by atoms with Gasteiger partial charge in [-0.3, -0.25) is 4.79 Å². The maximum atomic E-state index is 13.4. The molecule has 0 fully saturated rings. The largest absolute Gasteiger partial charge is 0.497 e. The van der Waals surface area contributed by atoms with Crippen LogP contribution in [-0.4, -0.2) is 39.5 Å². The predicted octanol–water partition coefficient (Wildman–Crippen LogP) is 4.02. The second-order valence-corrected chi connectivity index (χ2v) is 8.22. The Morgan fingerprint density at radius 2 is 1.91 bits per heavy atom. The van der Waals surface area contributed by atoms with Gasteiger partial charge in [0.25, 0.3) is 5.91 Å². The van der Waals surface area contributed by atoms with Crippen molar-refractivity contribution < 1.29 is 14.3 Å². The summed E-state index contributed by atoms with van der Waals surface area (Å²) in [5, 5.41) is 7.79. The van der Waals surface area contributed by atoms with Crippen molar-refractivity contribution in [2.75, 3.05) is 14.2 Å². The molecule has 0 radical (unpaired) electrons. The minimum atomic E-state index is -0.229. The number of hydrogen-bond donors (Lipinski definition) is 1. The van der Waals surface area contributed by atoms with E-state index in [1.165, 1.54) is 6.42 Å². The topological polar surface area (TPSA) is 83.2 Å². The summed E-state index contributed by atoms with van der Waals surface area (Å²) >= 11 is 0. The molecule has 8 heteroatoms. The average Bonchev–Trinajstić information content (AvgIpc) is 3.52. The lowest BCUT2D eigenvalue weighted by atomic mass is 10.1. The number of carbonyl (C=O) groups excluding carboxylic acids is 1. The molecule has 0 aliphatic carbocycles. The zero-order valence-corrected chi connectivity index (χ0v) is 19.3. The number of benzene rings is 2. The van der Waals surface area contributed by atoms with E-state index in [4.69, 9.17) is 19.6 Å². The number of imidazole rings is 1. The molecule has 174 valence electrons. The number of rotatable bonds is 7. The van der Waals surface area contributed by atoms with Crippen LogP contribution in [-0.2, 0) is 19.5 Å². The highest BCUT2D eigenvalue weighted by molar-refractivity contribution is 6.00. The summed E-state index contributed by atoms with van der Waals surface area (Å²) in [5.74, 6) is 2.12. The molecule has 3 heterocycles. The average molecular weight is 458 g/mol. The first-order chi connectivity index (χ1) is 16.7. The van der Waals surface area contributed by atoms with Crippen molar-refractivity contribution in [3.63, 3.8) is 0 Å². The molecule has 5 rings (SSSR count). The van der Waals surface area contributed by atoms with Gasteiger partial charge in [-0.15, -0.1) is 0 Å². The Morgan fingerprint density at radius 3 is 2.68 bits per heavy atom. The minimum Gasteiger partial charge on any atom is -0.497 e. The van der Waals surface area contributed by atoms with Gasteiger partial charge >= 0.3 is 0 Å². The van der Waals surface area contributed by atoms with Crippen molar-refractivity contribution in [3.05, 3.63) is 78.0 Å². The number of amides is 1. The highest BCUT2D eigenvalue weighted by atomic mass is 16.5. The predicted molar refractivity (Wildman–Crippen MR) is 128 cm³/mol. The van der Waals surface area contributed by atoms with Gasteiger partial charge in [-0.25, -0.2) is 9.67 Å². The second-order valence-electron chi connectivity index (χ2n) is 8.22. The molecule has 1 aliphatic rings. The van der Waals surface area contributed by atoms with Crippen molar-refractivity contribution in [1.82, 2.24) is 24.6 Å². The Bertz CT molecular complexity index is 1290. The van der Waals surface area contributed by atoms with Crippen LogP contribution in [0, 0.1) is 0 Å². The van der Waals surface area contributed by atoms with E-state index in [1.807, 2.05) is 54.7 Å². The number of aromatic nitrogens is 4. The van der Waals surface area contributed by atoms with Crippen molar-refractivity contribution in [1.29, 1.82) is 0 Å². The first-order valence-corrected chi connectivity index (χ1v) is 11.4. The number of aryl methyl sites for hydroxylation is 2. The molecule has 0 atom stereocenters. The Hall–Kier alpha value is -4.07. The number of nitrogens with one attached hydrogen (secondary N) is 1. The smallest absolute Gasteiger partial charge is 0.255 e. The fourth-order valence-electron chi connectivity index (χ4n) is 4.27. The van der Waals surface area contributed by atoms with Crippen LogP contribution in [0.15, 0.2) is 60.9 Å². The summed E-state index contributed by atoms with van der Waals surface area (Å²) in [6.07, 6.45) is 7.09. The summed E-state index contributed by atoms with van der Waals surface area (Å²) in [6.45, 7) is 1.34. The number of ether oxygens (including phenoxy) is 2. The molecule has 4 aromatic rings. The van der Waals surface area contributed by atoms with E-state index < -0.39 is 0 Å². The molecule has 0 unspecified atom stereocenters. The van der Waals surface area contributed by atoms with Gasteiger partial charge in [0.15, 0.2) is 0 Å². The Labute approximate surface area is 198 Å². The maximum Gasteiger partial charge on any atom is 0.255 e. The van der Waals surface area contributed by atoms with Crippen LogP contribution in [0.1, 0.15) is 34.7 Å². The molecule has 1 N–H and O–H groups in total. The standard InChI is InChI=1S/C26H27N5O3/c1-33-20-11-12-23(34-2)21(14-20)25-22(17-31(29-25)19-8-4-3-5-9-19)26(32)27-15-18-16-30-13-7-6-10-24(30)28-18/h3-5,8-9,11-12,14,16-17H,6-7,10,13,15H2,1-2H3,(H,27,32). The number of hydrogen-bond acceptors (Lipinski definition) is 5. The van der Waals surface area contributed by atoms with E-state index in [2.05, 4.69) is 9.88 Å². The third-order valence-electron chi connectivity index (χ3n) is 6.03. The maximum absolute atomic E-state index is 13.4. The van der Waals surface area contributed by atoms with E-state index in [0.717, 1.165) is 36.6 Å². The van der Waals surface area contributed by atoms with E-state index in [1.54, 1.807) is 25.1 Å². The summed E-state index contributed by atoms with van der Waals surface area (Å²) in [6, 6.07) is 15.2. The first-order valence-electron chi connectivity index (χ1n) is 11.4. The van der Waals surface area contributed by atoms with Crippen LogP contribution < -0.4 is 14.8 Å². The summed E-state index contributed by atoms with van der Waals surface area (Å²) in [4.78, 5) is 18.1. The van der Waals surface area contributed by atoms with E-state index in [-0.39, 0.29) is 5.91 Å². The van der Waals surface area contributed by atoms with Crippen LogP contribution in [0.25, 0.3) is 16.9 Å². The van der Waals surface area contributed by atoms with Gasteiger partial charge in [-0.1, -0.05) is 18.2 Å². The number of nitrogens with zero attached hydrogens (tertiary/aromatic N) is 4. The zero-order valence-electron chi connectivity index (χ0n) is 19.3. The first kappa shape index (κ1) is 21.8. The summed E-state index contributed by atoms with van der Waals surface area (Å²) in [5.41, 5.74) is 3.35. The van der Waals surface area contributed by atoms with Crippen LogP contribution >= 0.6 is 0 Å². The zero-order chi connectivity index (χ0) is 23.5. The van der Waals surface area contributed by atoms with Crippen molar-refractivity contribution in [2.24, 2.45) is 0 Å². The molecule has 34 heavy (non-hydrogen) atoms. The molecule has 1 aliphatic heterocycles. The molecule has 0 bridgehead atoms. The molecule has 0 saturated carbocycles. The Balaban J connectivity index is 1.49. The highest BCUT2D eigenvalue weighted by Gasteiger charge is 2.22. The fraction of sp³-hybridized carbons (Fsp3) is 0.269. The third kappa shape index (κ3) is 4.26.